The number of rotatable bonds is 6. The molecule has 2 saturated heterocycles. The molecular formula is C24H30N2O3. The molecule has 1 amide bonds. The number of hydrogen-bond acceptors (Lipinski definition) is 4. The number of furan rings is 1. The molecule has 2 aliphatic rings. The molecular weight excluding hydrogens is 364 g/mol. The van der Waals surface area contributed by atoms with E-state index in [4.69, 9.17) is 9.15 Å². The van der Waals surface area contributed by atoms with Crippen molar-refractivity contribution in [1.82, 2.24) is 10.2 Å². The fourth-order valence-corrected chi connectivity index (χ4v) is 4.46. The number of carbonyl (C=O) groups is 1. The van der Waals surface area contributed by atoms with E-state index in [2.05, 4.69) is 47.5 Å². The van der Waals surface area contributed by atoms with Crippen LogP contribution in [0, 0.1) is 0 Å². The number of hydrogen-bond donors (Lipinski definition) is 1. The Morgan fingerprint density at radius 3 is 2.69 bits per heavy atom. The van der Waals surface area contributed by atoms with Crippen LogP contribution in [-0.4, -0.2) is 48.7 Å². The summed E-state index contributed by atoms with van der Waals surface area (Å²) < 4.78 is 11.6. The molecule has 2 fully saturated rings. The maximum absolute atomic E-state index is 12.0. The number of benzene rings is 1. The second kappa shape index (κ2) is 8.97. The third kappa shape index (κ3) is 5.17. The van der Waals surface area contributed by atoms with E-state index in [-0.39, 0.29) is 17.6 Å². The fraction of sp³-hybridized carbons (Fsp3) is 0.458. The maximum atomic E-state index is 12.0. The number of amides is 1. The maximum Gasteiger partial charge on any atom is 0.287 e. The SMILES string of the molecule is C/C(=C\c1ccccc1)CN1CCC2(CC[C@H](CNC(=O)c3ccco3)O2)CC1. The van der Waals surface area contributed by atoms with Gasteiger partial charge in [-0.2, -0.15) is 0 Å². The average molecular weight is 395 g/mol. The lowest BCUT2D eigenvalue weighted by Gasteiger charge is -2.39. The Hall–Kier alpha value is -2.37. The van der Waals surface area contributed by atoms with Gasteiger partial charge >= 0.3 is 0 Å². The van der Waals surface area contributed by atoms with Crippen LogP contribution in [-0.2, 0) is 4.74 Å². The van der Waals surface area contributed by atoms with Crippen molar-refractivity contribution in [3.05, 3.63) is 65.6 Å². The molecule has 2 aromatic rings. The second-order valence-electron chi connectivity index (χ2n) is 8.33. The molecule has 5 nitrogen and oxygen atoms in total. The van der Waals surface area contributed by atoms with Crippen molar-refractivity contribution < 1.29 is 13.9 Å². The van der Waals surface area contributed by atoms with Crippen molar-refractivity contribution in [2.24, 2.45) is 0 Å². The summed E-state index contributed by atoms with van der Waals surface area (Å²) in [7, 11) is 0. The third-order valence-corrected chi connectivity index (χ3v) is 6.03. The molecule has 5 heteroatoms. The molecule has 1 N–H and O–H groups in total. The molecule has 0 saturated carbocycles. The van der Waals surface area contributed by atoms with E-state index in [0.29, 0.717) is 12.3 Å². The first-order chi connectivity index (χ1) is 14.1. The number of nitrogens with zero attached hydrogens (tertiary/aromatic N) is 1. The van der Waals surface area contributed by atoms with Crippen molar-refractivity contribution in [2.45, 2.75) is 44.3 Å². The van der Waals surface area contributed by atoms with Crippen molar-refractivity contribution >= 4 is 12.0 Å². The Labute approximate surface area is 172 Å². The van der Waals surface area contributed by atoms with Gasteiger partial charge in [0.1, 0.15) is 0 Å². The standard InChI is InChI=1S/C24H30N2O3/c1-19(16-20-6-3-2-4-7-20)18-26-13-11-24(12-14-26)10-9-21(29-24)17-25-23(27)22-8-5-15-28-22/h2-8,15-16,21H,9-14,17-18H2,1H3,(H,25,27)/b19-16+/t21-/m1/s1. The molecule has 1 aromatic heterocycles. The van der Waals surface area contributed by atoms with Crippen LogP contribution in [0.2, 0.25) is 0 Å². The summed E-state index contributed by atoms with van der Waals surface area (Å²) in [5.41, 5.74) is 2.64. The smallest absolute Gasteiger partial charge is 0.287 e. The highest BCUT2D eigenvalue weighted by atomic mass is 16.5. The highest BCUT2D eigenvalue weighted by Crippen LogP contribution is 2.38. The van der Waals surface area contributed by atoms with Crippen LogP contribution >= 0.6 is 0 Å². The zero-order chi connectivity index (χ0) is 20.1. The molecule has 2 aliphatic heterocycles. The number of piperidine rings is 1. The monoisotopic (exact) mass is 394 g/mol. The van der Waals surface area contributed by atoms with Gasteiger partial charge in [0, 0.05) is 26.2 Å². The Balaban J connectivity index is 1.22. The minimum absolute atomic E-state index is 0.00632. The number of likely N-dealkylation sites (tertiary alicyclic amines) is 1. The van der Waals surface area contributed by atoms with E-state index in [1.807, 2.05) is 6.07 Å². The summed E-state index contributed by atoms with van der Waals surface area (Å²) in [6, 6.07) is 13.9. The molecule has 154 valence electrons. The van der Waals surface area contributed by atoms with Crippen molar-refractivity contribution in [3.63, 3.8) is 0 Å². The van der Waals surface area contributed by atoms with Gasteiger partial charge in [0.25, 0.3) is 5.91 Å². The Morgan fingerprint density at radius 2 is 1.97 bits per heavy atom. The predicted octanol–water partition coefficient (Wildman–Crippen LogP) is 4.13. The van der Waals surface area contributed by atoms with Crippen LogP contribution in [0.1, 0.15) is 48.7 Å². The molecule has 3 heterocycles. The van der Waals surface area contributed by atoms with Crippen LogP contribution in [0.4, 0.5) is 0 Å². The van der Waals surface area contributed by atoms with Gasteiger partial charge in [0.05, 0.1) is 18.0 Å². The largest absolute Gasteiger partial charge is 0.459 e. The summed E-state index contributed by atoms with van der Waals surface area (Å²) >= 11 is 0. The summed E-state index contributed by atoms with van der Waals surface area (Å²) in [5, 5.41) is 2.93. The number of ether oxygens (including phenoxy) is 1. The minimum Gasteiger partial charge on any atom is -0.459 e. The number of carbonyl (C=O) groups excluding carboxylic acids is 1. The molecule has 0 unspecified atom stereocenters. The lowest BCUT2D eigenvalue weighted by Crippen LogP contribution is -2.45. The zero-order valence-corrected chi connectivity index (χ0v) is 17.1. The van der Waals surface area contributed by atoms with E-state index in [9.17, 15) is 4.79 Å². The lowest BCUT2D eigenvalue weighted by atomic mass is 9.88. The van der Waals surface area contributed by atoms with Gasteiger partial charge in [-0.05, 0) is 50.3 Å². The van der Waals surface area contributed by atoms with E-state index in [1.165, 1.54) is 17.4 Å². The van der Waals surface area contributed by atoms with Crippen LogP contribution in [0.15, 0.2) is 58.7 Å². The first-order valence-electron chi connectivity index (χ1n) is 10.6. The van der Waals surface area contributed by atoms with E-state index in [1.54, 1.807) is 12.1 Å². The Bertz CT molecular complexity index is 821. The predicted molar refractivity (Wildman–Crippen MR) is 114 cm³/mol. The number of nitrogens with one attached hydrogen (secondary N) is 1. The van der Waals surface area contributed by atoms with Gasteiger partial charge in [-0.1, -0.05) is 42.0 Å². The molecule has 0 aliphatic carbocycles. The lowest BCUT2D eigenvalue weighted by molar-refractivity contribution is -0.0743. The summed E-state index contributed by atoms with van der Waals surface area (Å²) in [6.45, 7) is 5.88. The molecule has 1 spiro atoms. The van der Waals surface area contributed by atoms with Crippen molar-refractivity contribution in [2.75, 3.05) is 26.2 Å². The van der Waals surface area contributed by atoms with Gasteiger partial charge in [-0.15, -0.1) is 0 Å². The molecule has 4 rings (SSSR count). The van der Waals surface area contributed by atoms with Gasteiger partial charge in [0.15, 0.2) is 5.76 Å². The summed E-state index contributed by atoms with van der Waals surface area (Å²) in [6.07, 6.45) is 8.10. The molecule has 0 bridgehead atoms. The molecule has 1 aromatic carbocycles. The minimum atomic E-state index is -0.171. The van der Waals surface area contributed by atoms with Gasteiger partial charge < -0.3 is 14.5 Å². The van der Waals surface area contributed by atoms with Gasteiger partial charge in [0.2, 0.25) is 0 Å². The van der Waals surface area contributed by atoms with Crippen LogP contribution < -0.4 is 5.32 Å². The van der Waals surface area contributed by atoms with Crippen molar-refractivity contribution in [1.29, 1.82) is 0 Å². The summed E-state index contributed by atoms with van der Waals surface area (Å²) in [5.74, 6) is 0.181. The summed E-state index contributed by atoms with van der Waals surface area (Å²) in [4.78, 5) is 14.6. The van der Waals surface area contributed by atoms with Crippen LogP contribution in [0.5, 0.6) is 0 Å². The first kappa shape index (κ1) is 19.9. The molecule has 0 radical (unpaired) electrons. The van der Waals surface area contributed by atoms with E-state index in [0.717, 1.165) is 45.3 Å². The zero-order valence-electron chi connectivity index (χ0n) is 17.1. The topological polar surface area (TPSA) is 54.7 Å². The van der Waals surface area contributed by atoms with Crippen LogP contribution in [0.3, 0.4) is 0 Å². The van der Waals surface area contributed by atoms with Gasteiger partial charge in [-0.3, -0.25) is 9.69 Å². The Morgan fingerprint density at radius 1 is 1.17 bits per heavy atom. The highest BCUT2D eigenvalue weighted by Gasteiger charge is 2.42. The second-order valence-corrected chi connectivity index (χ2v) is 8.33. The molecule has 1 atom stereocenters. The quantitative estimate of drug-likeness (QED) is 0.801. The highest BCUT2D eigenvalue weighted by molar-refractivity contribution is 5.91. The normalized spacial score (nSPS) is 22.1. The average Bonchev–Trinajstić information content (AvgIpc) is 3.40. The fourth-order valence-electron chi connectivity index (χ4n) is 4.46. The van der Waals surface area contributed by atoms with Crippen LogP contribution in [0.25, 0.3) is 6.08 Å². The van der Waals surface area contributed by atoms with E-state index >= 15 is 0 Å². The Kier molecular flexibility index (Phi) is 6.16. The third-order valence-electron chi connectivity index (χ3n) is 6.03. The van der Waals surface area contributed by atoms with Gasteiger partial charge in [-0.25, -0.2) is 0 Å². The van der Waals surface area contributed by atoms with E-state index < -0.39 is 0 Å². The van der Waals surface area contributed by atoms with Crippen molar-refractivity contribution in [3.8, 4) is 0 Å². The first-order valence-corrected chi connectivity index (χ1v) is 10.6. The molecule has 29 heavy (non-hydrogen) atoms.